The Labute approximate surface area is 101 Å². The molecule has 0 atom stereocenters. The molecule has 0 heterocycles. The zero-order valence-corrected chi connectivity index (χ0v) is 9.29. The molecule has 1 rings (SSSR count). The monoisotopic (exact) mass is 261 g/mol. The van der Waals surface area contributed by atoms with Crippen molar-refractivity contribution >= 4 is 6.08 Å². The standard InChI is InChI=1S/C11H10F3NO3/c12-8-5-9(13)11(10(14)6-8)18-4-3-17-2-1-15-7-16/h5-6H,1-4H2. The van der Waals surface area contributed by atoms with Crippen LogP contribution in [-0.2, 0) is 9.53 Å². The number of carbonyl (C=O) groups excluding carboxylic acids is 1. The highest BCUT2D eigenvalue weighted by atomic mass is 19.1. The lowest BCUT2D eigenvalue weighted by molar-refractivity contribution is 0.103. The van der Waals surface area contributed by atoms with Crippen LogP contribution in [0.1, 0.15) is 0 Å². The second kappa shape index (κ2) is 7.47. The summed E-state index contributed by atoms with van der Waals surface area (Å²) in [6, 6.07) is 1.05. The van der Waals surface area contributed by atoms with E-state index < -0.39 is 23.2 Å². The third-order valence-corrected chi connectivity index (χ3v) is 1.85. The van der Waals surface area contributed by atoms with Crippen LogP contribution in [0.5, 0.6) is 5.75 Å². The van der Waals surface area contributed by atoms with Crippen LogP contribution in [0.25, 0.3) is 0 Å². The molecule has 0 N–H and O–H groups in total. The number of halogens is 3. The van der Waals surface area contributed by atoms with E-state index >= 15 is 0 Å². The van der Waals surface area contributed by atoms with Gasteiger partial charge in [0.05, 0.1) is 19.8 Å². The minimum atomic E-state index is -1.11. The van der Waals surface area contributed by atoms with Gasteiger partial charge in [-0.25, -0.2) is 23.0 Å². The van der Waals surface area contributed by atoms with Gasteiger partial charge in [-0.05, 0) is 0 Å². The van der Waals surface area contributed by atoms with Crippen LogP contribution >= 0.6 is 0 Å². The highest BCUT2D eigenvalue weighted by Gasteiger charge is 2.12. The van der Waals surface area contributed by atoms with Crippen LogP contribution in [0.3, 0.4) is 0 Å². The summed E-state index contributed by atoms with van der Waals surface area (Å²) < 4.78 is 48.5. The zero-order valence-electron chi connectivity index (χ0n) is 9.29. The van der Waals surface area contributed by atoms with Crippen molar-refractivity contribution in [3.8, 4) is 5.75 Å². The van der Waals surface area contributed by atoms with Crippen molar-refractivity contribution in [3.63, 3.8) is 0 Å². The topological polar surface area (TPSA) is 47.9 Å². The summed E-state index contributed by atoms with van der Waals surface area (Å²) in [5.41, 5.74) is 0. The Kier molecular flexibility index (Phi) is 5.90. The highest BCUT2D eigenvalue weighted by molar-refractivity contribution is 5.32. The van der Waals surface area contributed by atoms with E-state index in [2.05, 4.69) is 4.99 Å². The van der Waals surface area contributed by atoms with Crippen LogP contribution in [-0.4, -0.2) is 32.4 Å². The van der Waals surface area contributed by atoms with Crippen molar-refractivity contribution in [2.45, 2.75) is 0 Å². The largest absolute Gasteiger partial charge is 0.485 e. The van der Waals surface area contributed by atoms with Crippen molar-refractivity contribution in [1.29, 1.82) is 0 Å². The summed E-state index contributed by atoms with van der Waals surface area (Å²) in [4.78, 5) is 12.9. The average molecular weight is 261 g/mol. The Morgan fingerprint density at radius 3 is 2.39 bits per heavy atom. The maximum Gasteiger partial charge on any atom is 0.235 e. The van der Waals surface area contributed by atoms with E-state index in [1.165, 1.54) is 6.08 Å². The van der Waals surface area contributed by atoms with Gasteiger partial charge in [0.15, 0.2) is 17.4 Å². The lowest BCUT2D eigenvalue weighted by atomic mass is 10.3. The van der Waals surface area contributed by atoms with Crippen LogP contribution < -0.4 is 4.74 Å². The molecule has 0 spiro atoms. The molecule has 0 aliphatic carbocycles. The predicted molar refractivity (Wildman–Crippen MR) is 55.6 cm³/mol. The smallest absolute Gasteiger partial charge is 0.235 e. The highest BCUT2D eigenvalue weighted by Crippen LogP contribution is 2.22. The second-order valence-corrected chi connectivity index (χ2v) is 3.13. The molecule has 0 unspecified atom stereocenters. The van der Waals surface area contributed by atoms with Gasteiger partial charge in [0.25, 0.3) is 0 Å². The van der Waals surface area contributed by atoms with E-state index in [4.69, 9.17) is 9.47 Å². The molecular formula is C11H10F3NO3. The van der Waals surface area contributed by atoms with Crippen molar-refractivity contribution in [2.24, 2.45) is 4.99 Å². The molecule has 18 heavy (non-hydrogen) atoms. The Morgan fingerprint density at radius 2 is 1.78 bits per heavy atom. The van der Waals surface area contributed by atoms with E-state index in [-0.39, 0.29) is 26.4 Å². The summed E-state index contributed by atoms with van der Waals surface area (Å²) in [5.74, 6) is -3.89. The fraction of sp³-hybridized carbons (Fsp3) is 0.364. The first kappa shape index (κ1) is 14.2. The van der Waals surface area contributed by atoms with Crippen molar-refractivity contribution in [2.75, 3.05) is 26.4 Å². The van der Waals surface area contributed by atoms with Crippen LogP contribution in [0.4, 0.5) is 13.2 Å². The molecule has 0 bridgehead atoms. The third-order valence-electron chi connectivity index (χ3n) is 1.85. The van der Waals surface area contributed by atoms with Crippen LogP contribution in [0, 0.1) is 17.5 Å². The summed E-state index contributed by atoms with van der Waals surface area (Å²) >= 11 is 0. The molecule has 0 saturated heterocycles. The van der Waals surface area contributed by atoms with Gasteiger partial charge in [0.1, 0.15) is 12.4 Å². The number of aliphatic imine (C=N–C) groups is 1. The molecule has 0 amide bonds. The van der Waals surface area contributed by atoms with E-state index in [1.54, 1.807) is 0 Å². The Morgan fingerprint density at radius 1 is 1.11 bits per heavy atom. The maximum atomic E-state index is 13.1. The molecule has 0 aliphatic rings. The van der Waals surface area contributed by atoms with Gasteiger partial charge in [-0.1, -0.05) is 0 Å². The number of rotatable bonds is 7. The van der Waals surface area contributed by atoms with Gasteiger partial charge in [-0.2, -0.15) is 0 Å². The summed E-state index contributed by atoms with van der Waals surface area (Å²) in [6.07, 6.45) is 1.33. The molecule has 4 nitrogen and oxygen atoms in total. The zero-order chi connectivity index (χ0) is 13.4. The van der Waals surface area contributed by atoms with E-state index in [9.17, 15) is 18.0 Å². The number of ether oxygens (including phenoxy) is 2. The summed E-state index contributed by atoms with van der Waals surface area (Å²) in [7, 11) is 0. The van der Waals surface area contributed by atoms with Crippen LogP contribution in [0.15, 0.2) is 17.1 Å². The summed E-state index contributed by atoms with van der Waals surface area (Å²) in [5, 5.41) is 0. The fourth-order valence-electron chi connectivity index (χ4n) is 1.13. The molecule has 0 radical (unpaired) electrons. The number of hydrogen-bond acceptors (Lipinski definition) is 4. The number of benzene rings is 1. The number of nitrogens with zero attached hydrogens (tertiary/aromatic N) is 1. The van der Waals surface area contributed by atoms with Crippen molar-refractivity contribution in [1.82, 2.24) is 0 Å². The molecule has 98 valence electrons. The van der Waals surface area contributed by atoms with Gasteiger partial charge in [0.2, 0.25) is 6.08 Å². The van der Waals surface area contributed by atoms with E-state index in [1.807, 2.05) is 0 Å². The first-order valence-electron chi connectivity index (χ1n) is 5.04. The molecule has 0 saturated carbocycles. The SMILES string of the molecule is O=C=NCCOCCOc1c(F)cc(F)cc1F. The second-order valence-electron chi connectivity index (χ2n) is 3.13. The lowest BCUT2D eigenvalue weighted by Crippen LogP contribution is -2.10. The first-order chi connectivity index (χ1) is 8.65. The minimum Gasteiger partial charge on any atom is -0.485 e. The van der Waals surface area contributed by atoms with Gasteiger partial charge in [-0.15, -0.1) is 0 Å². The Bertz CT molecular complexity index is 424. The van der Waals surface area contributed by atoms with Crippen molar-refractivity contribution < 1.29 is 27.4 Å². The van der Waals surface area contributed by atoms with Gasteiger partial charge in [-0.3, -0.25) is 0 Å². The summed E-state index contributed by atoms with van der Waals surface area (Å²) in [6.45, 7) is 0.282. The molecule has 0 aliphatic heterocycles. The first-order valence-corrected chi connectivity index (χ1v) is 5.04. The minimum absolute atomic E-state index is 0.0602. The van der Waals surface area contributed by atoms with E-state index in [0.717, 1.165) is 0 Å². The molecule has 0 fully saturated rings. The van der Waals surface area contributed by atoms with Gasteiger partial charge < -0.3 is 9.47 Å². The molecular weight excluding hydrogens is 251 g/mol. The molecule has 7 heteroatoms. The lowest BCUT2D eigenvalue weighted by Gasteiger charge is -2.08. The van der Waals surface area contributed by atoms with Gasteiger partial charge in [0, 0.05) is 12.1 Å². The van der Waals surface area contributed by atoms with Crippen molar-refractivity contribution in [3.05, 3.63) is 29.6 Å². The number of hydrogen-bond donors (Lipinski definition) is 0. The molecule has 0 aromatic heterocycles. The fourth-order valence-corrected chi connectivity index (χ4v) is 1.13. The van der Waals surface area contributed by atoms with Gasteiger partial charge >= 0.3 is 0 Å². The average Bonchev–Trinajstić information content (AvgIpc) is 2.30. The van der Waals surface area contributed by atoms with E-state index in [0.29, 0.717) is 12.1 Å². The third kappa shape index (κ3) is 4.57. The normalized spacial score (nSPS) is 9.94. The number of isocyanates is 1. The molecule has 1 aromatic carbocycles. The Balaban J connectivity index is 2.33. The predicted octanol–water partition coefficient (Wildman–Crippen LogP) is 1.84. The van der Waals surface area contributed by atoms with Crippen LogP contribution in [0.2, 0.25) is 0 Å². The quantitative estimate of drug-likeness (QED) is 0.427. The maximum absolute atomic E-state index is 13.1. The molecule has 1 aromatic rings. The Hall–Kier alpha value is -1.85.